The molecule has 10 heteroatoms. The first-order valence-electron chi connectivity index (χ1n) is 12.0. The van der Waals surface area contributed by atoms with Gasteiger partial charge in [0.05, 0.1) is 23.5 Å². The number of imidazole rings is 2. The van der Waals surface area contributed by atoms with Crippen LogP contribution >= 0.6 is 0 Å². The number of para-hydroxylation sites is 2. The maximum absolute atomic E-state index is 12.6. The number of anilines is 1. The minimum atomic E-state index is -0.0335. The topological polar surface area (TPSA) is 100 Å². The van der Waals surface area contributed by atoms with E-state index < -0.39 is 0 Å². The first-order chi connectivity index (χ1) is 16.6. The molecule has 2 aliphatic rings. The van der Waals surface area contributed by atoms with E-state index in [-0.39, 0.29) is 17.6 Å². The largest absolute Gasteiger partial charge is 0.355 e. The summed E-state index contributed by atoms with van der Waals surface area (Å²) in [6.07, 6.45) is 6.44. The number of nitrogens with zero attached hydrogens (tertiary/aromatic N) is 8. The molecule has 1 saturated heterocycles. The Bertz CT molecular complexity index is 1420. The second-order valence-electron chi connectivity index (χ2n) is 9.22. The van der Waals surface area contributed by atoms with Gasteiger partial charge < -0.3 is 14.5 Å². The summed E-state index contributed by atoms with van der Waals surface area (Å²) in [5.41, 5.74) is 3.51. The fraction of sp³-hybridized carbons (Fsp3) is 0.458. The van der Waals surface area contributed by atoms with E-state index in [1.165, 1.54) is 0 Å². The molecule has 5 heterocycles. The lowest BCUT2D eigenvalue weighted by Crippen LogP contribution is -2.37. The van der Waals surface area contributed by atoms with Crippen molar-refractivity contribution in [3.8, 4) is 0 Å². The quantitative estimate of drug-likeness (QED) is 0.493. The Morgan fingerprint density at radius 3 is 2.79 bits per heavy atom. The molecule has 2 aliphatic heterocycles. The van der Waals surface area contributed by atoms with Gasteiger partial charge in [-0.25, -0.2) is 19.7 Å². The highest BCUT2D eigenvalue weighted by Gasteiger charge is 2.29. The van der Waals surface area contributed by atoms with Crippen molar-refractivity contribution < 1.29 is 0 Å². The maximum Gasteiger partial charge on any atom is 0.326 e. The molecule has 0 radical (unpaired) electrons. The molecule has 34 heavy (non-hydrogen) atoms. The molecule has 4 aromatic rings. The lowest BCUT2D eigenvalue weighted by Gasteiger charge is -2.33. The van der Waals surface area contributed by atoms with E-state index in [1.54, 1.807) is 6.33 Å². The Balaban J connectivity index is 1.26. The van der Waals surface area contributed by atoms with E-state index in [9.17, 15) is 4.79 Å². The van der Waals surface area contributed by atoms with E-state index >= 15 is 0 Å². The lowest BCUT2D eigenvalue weighted by molar-refractivity contribution is 0.308. The Labute approximate surface area is 196 Å². The molecule has 10 nitrogen and oxygen atoms in total. The zero-order valence-electron chi connectivity index (χ0n) is 19.6. The lowest BCUT2D eigenvalue weighted by atomic mass is 10.0. The van der Waals surface area contributed by atoms with Gasteiger partial charge in [-0.2, -0.15) is 5.10 Å². The van der Waals surface area contributed by atoms with Gasteiger partial charge in [0.2, 0.25) is 0 Å². The van der Waals surface area contributed by atoms with Crippen LogP contribution in [0.15, 0.2) is 40.5 Å². The number of H-pyrrole nitrogens is 1. The van der Waals surface area contributed by atoms with E-state index in [0.717, 1.165) is 79.3 Å². The number of aryl methyl sites for hydroxylation is 1. The number of fused-ring (bicyclic) bond motifs is 2. The smallest absolute Gasteiger partial charge is 0.326 e. The van der Waals surface area contributed by atoms with Crippen molar-refractivity contribution in [2.24, 2.45) is 12.1 Å². The third kappa shape index (κ3) is 3.36. The predicted octanol–water partition coefficient (Wildman–Crippen LogP) is 2.64. The van der Waals surface area contributed by atoms with Crippen molar-refractivity contribution in [2.75, 3.05) is 31.1 Å². The van der Waals surface area contributed by atoms with Crippen molar-refractivity contribution in [3.05, 3.63) is 46.9 Å². The Morgan fingerprint density at radius 1 is 1.15 bits per heavy atom. The average molecular weight is 460 g/mol. The molecule has 0 saturated carbocycles. The summed E-state index contributed by atoms with van der Waals surface area (Å²) in [6.45, 7) is 5.58. The van der Waals surface area contributed by atoms with Crippen molar-refractivity contribution in [2.45, 2.75) is 38.1 Å². The van der Waals surface area contributed by atoms with Crippen molar-refractivity contribution in [1.82, 2.24) is 34.1 Å². The number of aromatic nitrogens is 6. The Morgan fingerprint density at radius 2 is 1.97 bits per heavy atom. The van der Waals surface area contributed by atoms with Gasteiger partial charge in [-0.1, -0.05) is 19.1 Å². The van der Waals surface area contributed by atoms with Crippen LogP contribution in [0.25, 0.3) is 22.2 Å². The molecular weight excluding hydrogens is 430 g/mol. The van der Waals surface area contributed by atoms with Crippen LogP contribution in [0.4, 0.5) is 5.82 Å². The molecule has 1 atom stereocenters. The normalized spacial score (nSPS) is 19.2. The summed E-state index contributed by atoms with van der Waals surface area (Å²) in [6, 6.07) is 8.06. The van der Waals surface area contributed by atoms with E-state index in [2.05, 4.69) is 41.5 Å². The third-order valence-corrected chi connectivity index (χ3v) is 7.06. The summed E-state index contributed by atoms with van der Waals surface area (Å²) in [7, 11) is 2.02. The van der Waals surface area contributed by atoms with E-state index in [1.807, 2.05) is 42.1 Å². The summed E-state index contributed by atoms with van der Waals surface area (Å²) in [5.74, 6) is 1.99. The first-order valence-corrected chi connectivity index (χ1v) is 12.0. The number of hydrazone groups is 1. The van der Waals surface area contributed by atoms with Gasteiger partial charge in [0.1, 0.15) is 12.2 Å². The van der Waals surface area contributed by atoms with Crippen molar-refractivity contribution in [1.29, 1.82) is 0 Å². The molecule has 1 unspecified atom stereocenters. The van der Waals surface area contributed by atoms with E-state index in [4.69, 9.17) is 4.98 Å². The fourth-order valence-corrected chi connectivity index (χ4v) is 5.39. The van der Waals surface area contributed by atoms with Crippen LogP contribution in [0.2, 0.25) is 0 Å². The second kappa shape index (κ2) is 8.27. The fourth-order valence-electron chi connectivity index (χ4n) is 5.39. The van der Waals surface area contributed by atoms with Gasteiger partial charge in [0.25, 0.3) is 0 Å². The van der Waals surface area contributed by atoms with Gasteiger partial charge >= 0.3 is 5.69 Å². The Hall–Kier alpha value is -3.69. The van der Waals surface area contributed by atoms with Gasteiger partial charge in [-0.3, -0.25) is 9.58 Å². The molecule has 0 aliphatic carbocycles. The van der Waals surface area contributed by atoms with Gasteiger partial charge in [-0.15, -0.1) is 0 Å². The summed E-state index contributed by atoms with van der Waals surface area (Å²) in [5, 5.41) is 6.65. The van der Waals surface area contributed by atoms with Crippen molar-refractivity contribution in [3.63, 3.8) is 0 Å². The average Bonchev–Trinajstić information content (AvgIpc) is 3.54. The molecule has 1 fully saturated rings. The number of hydrogen-bond donors (Lipinski definition) is 1. The number of aromatic amines is 1. The summed E-state index contributed by atoms with van der Waals surface area (Å²) in [4.78, 5) is 32.1. The minimum absolute atomic E-state index is 0.0335. The number of nitrogens with one attached hydrogen (secondary N) is 1. The minimum Gasteiger partial charge on any atom is -0.355 e. The molecule has 0 bridgehead atoms. The van der Waals surface area contributed by atoms with Crippen LogP contribution < -0.4 is 10.6 Å². The zero-order chi connectivity index (χ0) is 23.2. The predicted molar refractivity (Wildman–Crippen MR) is 132 cm³/mol. The number of rotatable bonds is 5. The highest BCUT2D eigenvalue weighted by atomic mass is 16.1. The summed E-state index contributed by atoms with van der Waals surface area (Å²) >= 11 is 0. The van der Waals surface area contributed by atoms with E-state index in [0.29, 0.717) is 0 Å². The highest BCUT2D eigenvalue weighted by Crippen LogP contribution is 2.31. The Kier molecular flexibility index (Phi) is 5.08. The monoisotopic (exact) mass is 459 g/mol. The molecule has 1 aromatic carbocycles. The molecule has 176 valence electrons. The number of piperidine rings is 1. The molecule has 1 N–H and O–H groups in total. The van der Waals surface area contributed by atoms with Gasteiger partial charge in [0, 0.05) is 38.9 Å². The van der Waals surface area contributed by atoms with Gasteiger partial charge in [0.15, 0.2) is 17.0 Å². The standard InChI is InChI=1S/C24H29N9O/c1-3-10-32-14-16(13-27-32)21-29-20-22(30(21)2)25-15-26-23(20)31-11-8-17(9-12-31)33-19-7-5-4-6-18(19)28-24(33)34/h4-7,13,15-17H,3,8-12,14H2,1-2H3,(H,28,34). The first kappa shape index (κ1) is 20.9. The van der Waals surface area contributed by atoms with Crippen LogP contribution in [-0.4, -0.2) is 66.5 Å². The molecule has 6 rings (SSSR count). The highest BCUT2D eigenvalue weighted by molar-refractivity contribution is 5.85. The van der Waals surface area contributed by atoms with Crippen LogP contribution in [0.1, 0.15) is 44.0 Å². The third-order valence-electron chi connectivity index (χ3n) is 7.06. The second-order valence-corrected chi connectivity index (χ2v) is 9.22. The number of benzene rings is 1. The maximum atomic E-state index is 12.6. The number of hydrogen-bond acceptors (Lipinski definition) is 7. The molecule has 0 spiro atoms. The SMILES string of the molecule is CCCN1CC(c2nc3c(N4CCC(n5c(=O)[nH]c6ccccc65)CC4)ncnc3n2C)C=N1. The van der Waals surface area contributed by atoms with Crippen LogP contribution in [0.5, 0.6) is 0 Å². The molecular formula is C24H29N9O. The van der Waals surface area contributed by atoms with Crippen LogP contribution in [0, 0.1) is 0 Å². The van der Waals surface area contributed by atoms with Crippen LogP contribution in [-0.2, 0) is 7.05 Å². The van der Waals surface area contributed by atoms with Crippen LogP contribution in [0.3, 0.4) is 0 Å². The van der Waals surface area contributed by atoms with Crippen molar-refractivity contribution >= 4 is 34.2 Å². The molecule has 3 aromatic heterocycles. The zero-order valence-corrected chi connectivity index (χ0v) is 19.6. The summed E-state index contributed by atoms with van der Waals surface area (Å²) < 4.78 is 3.99. The molecule has 0 amide bonds. The van der Waals surface area contributed by atoms with Gasteiger partial charge in [-0.05, 0) is 31.4 Å².